The largest absolute Gasteiger partial charge is 0.472 e. The summed E-state index contributed by atoms with van der Waals surface area (Å²) in [5, 5.41) is 0. The summed E-state index contributed by atoms with van der Waals surface area (Å²) in [4.78, 5) is 35.6. The molecule has 0 saturated heterocycles. The number of carbonyl (C=O) groups excluding carboxylic acids is 2. The van der Waals surface area contributed by atoms with Gasteiger partial charge in [0.05, 0.1) is 27.7 Å². The number of ether oxygens (including phenoxy) is 2. The van der Waals surface area contributed by atoms with Crippen molar-refractivity contribution >= 4 is 19.8 Å². The molecular formula is C48H97NO8P+. The van der Waals surface area contributed by atoms with Gasteiger partial charge in [-0.15, -0.1) is 0 Å². The zero-order chi connectivity index (χ0) is 43.2. The van der Waals surface area contributed by atoms with Crippen molar-refractivity contribution in [2.45, 2.75) is 239 Å². The number of quaternary nitrogens is 1. The topological polar surface area (TPSA) is 108 Å². The Morgan fingerprint density at radius 2 is 0.879 bits per heavy atom. The van der Waals surface area contributed by atoms with Crippen LogP contribution >= 0.6 is 7.82 Å². The highest BCUT2D eigenvalue weighted by Gasteiger charge is 2.27. The lowest BCUT2D eigenvalue weighted by Gasteiger charge is -2.24. The number of likely N-dealkylation sites (N-methyl/N-ethyl adjacent to an activating group) is 1. The summed E-state index contributed by atoms with van der Waals surface area (Å²) in [5.74, 6) is 0.832. The maximum atomic E-state index is 12.8. The van der Waals surface area contributed by atoms with Crippen molar-refractivity contribution in [2.75, 3.05) is 47.5 Å². The summed E-state index contributed by atoms with van der Waals surface area (Å²) in [5.41, 5.74) is 0. The first-order valence-electron chi connectivity index (χ1n) is 24.5. The molecular weight excluding hydrogens is 750 g/mol. The molecule has 0 aliphatic rings. The summed E-state index contributed by atoms with van der Waals surface area (Å²) in [6.07, 6.45) is 37.0. The number of rotatable bonds is 44. The third-order valence-corrected chi connectivity index (χ3v) is 12.4. The van der Waals surface area contributed by atoms with Crippen LogP contribution in [0.3, 0.4) is 0 Å². The first-order valence-corrected chi connectivity index (χ1v) is 26.0. The molecule has 0 rings (SSSR count). The summed E-state index contributed by atoms with van der Waals surface area (Å²) < 4.78 is 34.5. The second-order valence-corrected chi connectivity index (χ2v) is 20.2. The molecule has 4 atom stereocenters. The maximum absolute atomic E-state index is 12.8. The summed E-state index contributed by atoms with van der Waals surface area (Å²) in [7, 11) is 1.49. The molecule has 1 N–H and O–H groups in total. The van der Waals surface area contributed by atoms with Crippen LogP contribution < -0.4 is 0 Å². The molecule has 0 radical (unpaired) electrons. The van der Waals surface area contributed by atoms with Crippen LogP contribution in [0.1, 0.15) is 233 Å². The Morgan fingerprint density at radius 3 is 1.28 bits per heavy atom. The Hall–Kier alpha value is -0.990. The number of hydrogen-bond acceptors (Lipinski definition) is 7. The van der Waals surface area contributed by atoms with E-state index in [2.05, 4.69) is 27.7 Å². The molecule has 0 aliphatic heterocycles. The molecule has 0 bridgehead atoms. The van der Waals surface area contributed by atoms with Crippen LogP contribution in [0.25, 0.3) is 0 Å². The van der Waals surface area contributed by atoms with Gasteiger partial charge < -0.3 is 18.9 Å². The van der Waals surface area contributed by atoms with E-state index >= 15 is 0 Å². The molecule has 0 aromatic carbocycles. The van der Waals surface area contributed by atoms with Gasteiger partial charge in [0, 0.05) is 12.8 Å². The zero-order valence-corrected chi connectivity index (χ0v) is 40.3. The van der Waals surface area contributed by atoms with E-state index in [0.29, 0.717) is 23.9 Å². The minimum absolute atomic E-state index is 0.0351. The molecule has 0 heterocycles. The molecule has 9 nitrogen and oxygen atoms in total. The van der Waals surface area contributed by atoms with E-state index in [9.17, 15) is 19.0 Å². The molecule has 0 aromatic rings. The minimum atomic E-state index is -4.37. The molecule has 0 saturated carbocycles. The Bertz CT molecular complexity index is 989. The standard InChI is InChI=1S/C48H96NO8P/c1-8-10-12-14-16-22-28-34-44(3)36-30-24-18-20-26-32-38-47(50)54-42-46(43-56-58(52,53)55-41-40-49(5,6)7)57-48(51)39-33-27-21-19-25-31-37-45(4)35-29-23-17-15-13-11-9-2/h44-46H,8-43H2,1-7H3/p+1/t44?,45?,46-/m1/s1. The van der Waals surface area contributed by atoms with Crippen LogP contribution in [0.15, 0.2) is 0 Å². The molecule has 58 heavy (non-hydrogen) atoms. The normalized spacial score (nSPS) is 14.6. The SMILES string of the molecule is CCCCCCCCCC(C)CCCCCCCCC(=O)OC[C@H](COP(=O)(O)OCC[N+](C)(C)C)OC(=O)CCCCCCCCC(C)CCCCCCCCC. The van der Waals surface area contributed by atoms with E-state index in [1.807, 2.05) is 21.1 Å². The smallest absolute Gasteiger partial charge is 0.462 e. The van der Waals surface area contributed by atoms with Gasteiger partial charge in [0.1, 0.15) is 19.8 Å². The van der Waals surface area contributed by atoms with Crippen molar-refractivity contribution in [3.8, 4) is 0 Å². The third kappa shape index (κ3) is 41.7. The second kappa shape index (κ2) is 38.9. The summed E-state index contributed by atoms with van der Waals surface area (Å²) in [6.45, 7) is 9.25. The lowest BCUT2D eigenvalue weighted by Crippen LogP contribution is -2.37. The van der Waals surface area contributed by atoms with Crippen LogP contribution in [-0.2, 0) is 32.7 Å². The van der Waals surface area contributed by atoms with E-state index < -0.39 is 26.5 Å². The van der Waals surface area contributed by atoms with Gasteiger partial charge in [-0.3, -0.25) is 18.6 Å². The first kappa shape index (κ1) is 57.0. The van der Waals surface area contributed by atoms with E-state index in [-0.39, 0.29) is 25.6 Å². The van der Waals surface area contributed by atoms with Gasteiger partial charge in [0.15, 0.2) is 6.10 Å². The average molecular weight is 847 g/mol. The molecule has 0 aliphatic carbocycles. The number of phosphoric acid groups is 1. The molecule has 0 spiro atoms. The highest BCUT2D eigenvalue weighted by molar-refractivity contribution is 7.47. The molecule has 3 unspecified atom stereocenters. The predicted octanol–water partition coefficient (Wildman–Crippen LogP) is 14.1. The fourth-order valence-electron chi connectivity index (χ4n) is 7.39. The number of unbranched alkanes of at least 4 members (excludes halogenated alkanes) is 22. The van der Waals surface area contributed by atoms with Crippen LogP contribution in [0, 0.1) is 11.8 Å². The lowest BCUT2D eigenvalue weighted by atomic mass is 9.96. The quantitative estimate of drug-likeness (QED) is 0.0279. The Balaban J connectivity index is 4.37. The molecule has 0 amide bonds. The van der Waals surface area contributed by atoms with Gasteiger partial charge in [-0.05, 0) is 24.7 Å². The van der Waals surface area contributed by atoms with Crippen molar-refractivity contribution in [3.05, 3.63) is 0 Å². The average Bonchev–Trinajstić information content (AvgIpc) is 3.16. The fourth-order valence-corrected chi connectivity index (χ4v) is 8.13. The van der Waals surface area contributed by atoms with Gasteiger partial charge in [-0.25, -0.2) is 4.57 Å². The van der Waals surface area contributed by atoms with Crippen molar-refractivity contribution in [2.24, 2.45) is 11.8 Å². The number of phosphoric ester groups is 1. The van der Waals surface area contributed by atoms with Gasteiger partial charge in [0.25, 0.3) is 0 Å². The van der Waals surface area contributed by atoms with Crippen molar-refractivity contribution in [1.29, 1.82) is 0 Å². The van der Waals surface area contributed by atoms with Gasteiger partial charge in [-0.1, -0.05) is 207 Å². The Morgan fingerprint density at radius 1 is 0.517 bits per heavy atom. The monoisotopic (exact) mass is 847 g/mol. The first-order chi connectivity index (χ1) is 27.8. The zero-order valence-electron chi connectivity index (χ0n) is 39.4. The van der Waals surface area contributed by atoms with E-state index in [1.54, 1.807) is 0 Å². The summed E-state index contributed by atoms with van der Waals surface area (Å²) in [6, 6.07) is 0. The number of hydrogen-bond donors (Lipinski definition) is 1. The van der Waals surface area contributed by atoms with Gasteiger partial charge in [0.2, 0.25) is 0 Å². The Kier molecular flexibility index (Phi) is 38.2. The number of esters is 2. The van der Waals surface area contributed by atoms with E-state index in [4.69, 9.17) is 18.5 Å². The van der Waals surface area contributed by atoms with E-state index in [1.165, 1.54) is 154 Å². The number of nitrogens with zero attached hydrogens (tertiary/aromatic N) is 1. The molecule has 10 heteroatoms. The van der Waals surface area contributed by atoms with Gasteiger partial charge in [-0.2, -0.15) is 0 Å². The van der Waals surface area contributed by atoms with Crippen molar-refractivity contribution < 1.29 is 42.1 Å². The molecule has 0 aromatic heterocycles. The number of carbonyl (C=O) groups is 2. The highest BCUT2D eigenvalue weighted by Crippen LogP contribution is 2.43. The summed E-state index contributed by atoms with van der Waals surface area (Å²) >= 11 is 0. The Labute approximate surface area is 359 Å². The molecule has 346 valence electrons. The lowest BCUT2D eigenvalue weighted by molar-refractivity contribution is -0.870. The van der Waals surface area contributed by atoms with Crippen molar-refractivity contribution in [3.63, 3.8) is 0 Å². The maximum Gasteiger partial charge on any atom is 0.472 e. The fraction of sp³-hybridized carbons (Fsp3) is 0.958. The van der Waals surface area contributed by atoms with E-state index in [0.717, 1.165) is 43.9 Å². The molecule has 0 fully saturated rings. The highest BCUT2D eigenvalue weighted by atomic mass is 31.2. The van der Waals surface area contributed by atoms with Crippen LogP contribution in [0.2, 0.25) is 0 Å². The predicted molar refractivity (Wildman–Crippen MR) is 243 cm³/mol. The van der Waals surface area contributed by atoms with Crippen LogP contribution in [0.5, 0.6) is 0 Å². The van der Waals surface area contributed by atoms with Crippen LogP contribution in [-0.4, -0.2) is 74.9 Å². The van der Waals surface area contributed by atoms with Crippen LogP contribution in [0.4, 0.5) is 0 Å². The van der Waals surface area contributed by atoms with Crippen molar-refractivity contribution in [1.82, 2.24) is 0 Å². The second-order valence-electron chi connectivity index (χ2n) is 18.8. The van der Waals surface area contributed by atoms with Gasteiger partial charge >= 0.3 is 19.8 Å². The minimum Gasteiger partial charge on any atom is -0.462 e. The third-order valence-electron chi connectivity index (χ3n) is 11.4.